The van der Waals surface area contributed by atoms with Gasteiger partial charge < -0.3 is 16.8 Å². The van der Waals surface area contributed by atoms with Crippen LogP contribution in [0.15, 0.2) is 82.2 Å². The second-order valence-electron chi connectivity index (χ2n) is 11.7. The van der Waals surface area contributed by atoms with Gasteiger partial charge in [-0.25, -0.2) is 23.2 Å². The van der Waals surface area contributed by atoms with Crippen LogP contribution >= 0.6 is 0 Å². The molecule has 6 rings (SSSR count). The third kappa shape index (κ3) is 6.56. The Morgan fingerprint density at radius 1 is 1.07 bits per heavy atom. The third-order valence-corrected chi connectivity index (χ3v) is 9.93. The van der Waals surface area contributed by atoms with Gasteiger partial charge >= 0.3 is 0 Å². The number of aliphatic imine (C=N–C) groups is 1. The van der Waals surface area contributed by atoms with Crippen molar-refractivity contribution >= 4 is 39.2 Å². The summed E-state index contributed by atoms with van der Waals surface area (Å²) < 4.78 is 29.5. The number of rotatable bonds is 10. The van der Waals surface area contributed by atoms with Crippen molar-refractivity contribution < 1.29 is 18.0 Å². The van der Waals surface area contributed by atoms with Crippen LogP contribution in [0.3, 0.4) is 0 Å². The molecule has 10 nitrogen and oxygen atoms in total. The number of hydrogen-bond acceptors (Lipinski definition) is 8. The van der Waals surface area contributed by atoms with Gasteiger partial charge in [-0.1, -0.05) is 43.3 Å². The molecular formula is C33H38N6O4S. The van der Waals surface area contributed by atoms with E-state index in [4.69, 9.17) is 16.3 Å². The summed E-state index contributed by atoms with van der Waals surface area (Å²) in [6.07, 6.45) is 4.52. The topological polar surface area (TPSA) is 152 Å². The monoisotopic (exact) mass is 614 g/mol. The smallest absolute Gasteiger partial charge is 0.273 e. The zero-order valence-corrected chi connectivity index (χ0v) is 25.5. The van der Waals surface area contributed by atoms with E-state index >= 15 is 0 Å². The fourth-order valence-corrected chi connectivity index (χ4v) is 7.51. The number of hydrogen-bond donors (Lipinski definition) is 4. The van der Waals surface area contributed by atoms with Gasteiger partial charge in [0.15, 0.2) is 0 Å². The first-order valence-electron chi connectivity index (χ1n) is 15.0. The van der Waals surface area contributed by atoms with Gasteiger partial charge in [-0.2, -0.15) is 0 Å². The number of amidine groups is 1. The Hall–Kier alpha value is -4.03. The third-order valence-electron chi connectivity index (χ3n) is 8.44. The molecule has 2 bridgehead atoms. The quantitative estimate of drug-likeness (QED) is 0.198. The number of nitrogens with one attached hydrogen (secondary N) is 2. The highest BCUT2D eigenvalue weighted by molar-refractivity contribution is 7.89. The Morgan fingerprint density at radius 3 is 2.59 bits per heavy atom. The Balaban J connectivity index is 1.21. The Kier molecular flexibility index (Phi) is 8.55. The van der Waals surface area contributed by atoms with E-state index in [-0.39, 0.29) is 29.9 Å². The van der Waals surface area contributed by atoms with E-state index in [1.807, 2.05) is 43.3 Å². The molecule has 3 atom stereocenters. The van der Waals surface area contributed by atoms with Crippen LogP contribution in [0.4, 0.5) is 11.4 Å². The van der Waals surface area contributed by atoms with Gasteiger partial charge in [-0.3, -0.25) is 9.63 Å². The highest BCUT2D eigenvalue weighted by Crippen LogP contribution is 2.34. The molecule has 3 unspecified atom stereocenters. The minimum atomic E-state index is -3.68. The summed E-state index contributed by atoms with van der Waals surface area (Å²) in [6.45, 7) is 3.48. The van der Waals surface area contributed by atoms with Crippen LogP contribution in [0.1, 0.15) is 43.7 Å². The Labute approximate surface area is 258 Å². The van der Waals surface area contributed by atoms with Crippen molar-refractivity contribution in [3.8, 4) is 11.1 Å². The fraction of sp³-hybridized carbons (Fsp3) is 0.333. The first-order chi connectivity index (χ1) is 21.2. The van der Waals surface area contributed by atoms with Crippen molar-refractivity contribution in [3.63, 3.8) is 0 Å². The zero-order chi connectivity index (χ0) is 30.8. The number of benzene rings is 3. The molecule has 1 saturated heterocycles. The number of piperidine rings is 1. The number of nitrogens with two attached hydrogens (primary N) is 2. The van der Waals surface area contributed by atoms with Gasteiger partial charge in [0.05, 0.1) is 10.6 Å². The number of nitrogen functional groups attached to an aromatic ring is 1. The lowest BCUT2D eigenvalue weighted by molar-refractivity contribution is -0.187. The first-order valence-corrected chi connectivity index (χ1v) is 16.5. The van der Waals surface area contributed by atoms with Crippen LogP contribution in [-0.4, -0.2) is 50.4 Å². The predicted octanol–water partition coefficient (Wildman–Crippen LogP) is 4.11. The highest BCUT2D eigenvalue weighted by Gasteiger charge is 2.41. The van der Waals surface area contributed by atoms with E-state index in [9.17, 15) is 13.2 Å². The van der Waals surface area contributed by atoms with Crippen LogP contribution in [0.5, 0.6) is 0 Å². The van der Waals surface area contributed by atoms with E-state index in [1.54, 1.807) is 36.4 Å². The summed E-state index contributed by atoms with van der Waals surface area (Å²) in [7, 11) is -3.68. The van der Waals surface area contributed by atoms with Gasteiger partial charge in [-0.15, -0.1) is 0 Å². The van der Waals surface area contributed by atoms with Crippen molar-refractivity contribution in [2.45, 2.75) is 56.2 Å². The van der Waals surface area contributed by atoms with Gasteiger partial charge in [0.25, 0.3) is 5.91 Å². The molecule has 230 valence electrons. The molecule has 2 fully saturated rings. The molecule has 3 aliphatic rings. The molecular weight excluding hydrogens is 576 g/mol. The molecule has 0 radical (unpaired) electrons. The van der Waals surface area contributed by atoms with E-state index in [2.05, 4.69) is 15.0 Å². The maximum absolute atomic E-state index is 13.6. The van der Waals surface area contributed by atoms with Gasteiger partial charge in [0.1, 0.15) is 12.4 Å². The van der Waals surface area contributed by atoms with Gasteiger partial charge in [-0.05, 0) is 84.8 Å². The van der Waals surface area contributed by atoms with E-state index in [0.29, 0.717) is 47.7 Å². The normalized spacial score (nSPS) is 20.9. The molecule has 1 saturated carbocycles. The number of anilines is 1. The number of nitrogens with zero attached hydrogens (tertiary/aromatic N) is 2. The maximum atomic E-state index is 13.6. The van der Waals surface area contributed by atoms with Crippen LogP contribution < -0.4 is 21.5 Å². The van der Waals surface area contributed by atoms with Gasteiger partial charge in [0, 0.05) is 41.9 Å². The number of carbonyl (C=O) groups is 1. The largest absolute Gasteiger partial charge is 0.399 e. The number of fused-ring (bicyclic) bond motifs is 3. The van der Waals surface area contributed by atoms with E-state index in [0.717, 1.165) is 41.6 Å². The summed E-state index contributed by atoms with van der Waals surface area (Å²) >= 11 is 0. The second kappa shape index (κ2) is 12.5. The van der Waals surface area contributed by atoms with Gasteiger partial charge in [0.2, 0.25) is 10.0 Å². The van der Waals surface area contributed by atoms with Crippen molar-refractivity contribution in [2.24, 2.45) is 16.6 Å². The van der Waals surface area contributed by atoms with Crippen molar-refractivity contribution in [3.05, 3.63) is 83.4 Å². The van der Waals surface area contributed by atoms with E-state index < -0.39 is 10.0 Å². The molecule has 0 aromatic heterocycles. The molecule has 2 heterocycles. The average Bonchev–Trinajstić information content (AvgIpc) is 3.59. The van der Waals surface area contributed by atoms with Crippen LogP contribution in [0, 0.1) is 5.92 Å². The summed E-state index contributed by atoms with van der Waals surface area (Å²) in [5.74, 6) is 0.366. The summed E-state index contributed by atoms with van der Waals surface area (Å²) in [5.41, 5.74) is 17.0. The van der Waals surface area contributed by atoms with Crippen molar-refractivity contribution in [1.29, 1.82) is 0 Å². The summed E-state index contributed by atoms with van der Waals surface area (Å²) in [4.78, 5) is 24.4. The summed E-state index contributed by atoms with van der Waals surface area (Å²) in [5, 5.41) is 4.80. The van der Waals surface area contributed by atoms with Crippen molar-refractivity contribution in [1.82, 2.24) is 15.1 Å². The Bertz CT molecular complexity index is 1720. The zero-order valence-electron chi connectivity index (χ0n) is 24.7. The predicted molar refractivity (Wildman–Crippen MR) is 172 cm³/mol. The summed E-state index contributed by atoms with van der Waals surface area (Å²) in [6, 6.07) is 20.3. The Morgan fingerprint density at radius 2 is 1.86 bits per heavy atom. The molecule has 6 N–H and O–H groups in total. The van der Waals surface area contributed by atoms with Crippen LogP contribution in [0.2, 0.25) is 0 Å². The number of amides is 1. The first kappa shape index (κ1) is 30.0. The lowest BCUT2D eigenvalue weighted by atomic mass is 10.0. The maximum Gasteiger partial charge on any atom is 0.273 e. The molecule has 1 aliphatic carbocycles. The minimum Gasteiger partial charge on any atom is -0.399 e. The number of carbonyl (C=O) groups excluding carboxylic acids is 1. The van der Waals surface area contributed by atoms with Crippen LogP contribution in [0.25, 0.3) is 17.2 Å². The van der Waals surface area contributed by atoms with Crippen molar-refractivity contribution in [2.75, 3.05) is 18.8 Å². The lowest BCUT2D eigenvalue weighted by Gasteiger charge is -2.23. The molecule has 1 amide bonds. The molecule has 44 heavy (non-hydrogen) atoms. The molecule has 11 heteroatoms. The fourth-order valence-electron chi connectivity index (χ4n) is 6.15. The SMILES string of the molecule is CCCN(OCc1ccc(N)cc1)C(=O)C1=Cc2ccc(-c3cccc(S(=O)(=O)NC4CC5CC4CN5)c3)cc2N=C(N)C1. The molecule has 3 aromatic carbocycles. The number of hydroxylamine groups is 2. The minimum absolute atomic E-state index is 0.0419. The van der Waals surface area contributed by atoms with Crippen LogP contribution in [-0.2, 0) is 26.3 Å². The molecule has 2 aliphatic heterocycles. The lowest BCUT2D eigenvalue weighted by Crippen LogP contribution is -2.44. The second-order valence-corrected chi connectivity index (χ2v) is 13.5. The number of sulfonamides is 1. The standard InChI is InChI=1S/C33H38N6O4S/c1-2-12-39(43-20-21-6-10-27(34)11-7-21)33(40)25-13-24-9-8-23(16-30(24)37-32(35)17-25)22-4-3-5-29(15-22)44(41,42)38-31-18-28-14-26(31)19-36-28/h3-11,13,15-16,26,28,31,36,38H,2,12,14,17-20,34H2,1H3,(H2,35,37). The average molecular weight is 615 g/mol. The van der Waals surface area contributed by atoms with E-state index in [1.165, 1.54) is 5.06 Å². The molecule has 3 aromatic rings. The molecule has 0 spiro atoms. The highest BCUT2D eigenvalue weighted by atomic mass is 32.2.